The lowest BCUT2D eigenvalue weighted by atomic mass is 10.1. The van der Waals surface area contributed by atoms with Crippen LogP contribution in [0.3, 0.4) is 0 Å². The van der Waals surface area contributed by atoms with E-state index in [1.54, 1.807) is 11.8 Å². The van der Waals surface area contributed by atoms with Crippen LogP contribution in [0.4, 0.5) is 0 Å². The third-order valence-electron chi connectivity index (χ3n) is 3.89. The molecule has 132 valence electrons. The van der Waals surface area contributed by atoms with E-state index >= 15 is 0 Å². The summed E-state index contributed by atoms with van der Waals surface area (Å²) in [5.74, 6) is 2.59. The van der Waals surface area contributed by atoms with Gasteiger partial charge in [0.15, 0.2) is 11.5 Å². The van der Waals surface area contributed by atoms with Crippen molar-refractivity contribution in [2.24, 2.45) is 0 Å². The number of hydrogen-bond acceptors (Lipinski definition) is 4. The fourth-order valence-electron chi connectivity index (χ4n) is 2.56. The SMILES string of the molecule is CC(NC(=O)CSCc1ccccc1Cl)c1ccc2c(c1)OCCO2. The summed E-state index contributed by atoms with van der Waals surface area (Å²) in [7, 11) is 0. The van der Waals surface area contributed by atoms with Crippen LogP contribution in [0.25, 0.3) is 0 Å². The van der Waals surface area contributed by atoms with Gasteiger partial charge in [-0.25, -0.2) is 0 Å². The molecule has 0 fully saturated rings. The molecule has 6 heteroatoms. The molecule has 0 spiro atoms. The molecule has 1 N–H and O–H groups in total. The molecule has 0 aliphatic carbocycles. The van der Waals surface area contributed by atoms with Crippen LogP contribution in [0, 0.1) is 0 Å². The first-order valence-corrected chi connectivity index (χ1v) is 9.67. The largest absolute Gasteiger partial charge is 0.486 e. The van der Waals surface area contributed by atoms with E-state index in [2.05, 4.69) is 5.32 Å². The van der Waals surface area contributed by atoms with Crippen molar-refractivity contribution >= 4 is 29.3 Å². The van der Waals surface area contributed by atoms with Crippen LogP contribution in [0.2, 0.25) is 5.02 Å². The second-order valence-corrected chi connectivity index (χ2v) is 7.17. The molecule has 0 saturated carbocycles. The van der Waals surface area contributed by atoms with Gasteiger partial charge in [-0.05, 0) is 36.2 Å². The summed E-state index contributed by atoms with van der Waals surface area (Å²) in [6.45, 7) is 3.08. The zero-order valence-corrected chi connectivity index (χ0v) is 15.5. The van der Waals surface area contributed by atoms with Crippen LogP contribution in [0.1, 0.15) is 24.1 Å². The molecule has 1 unspecified atom stereocenters. The Morgan fingerprint density at radius 1 is 1.20 bits per heavy atom. The highest BCUT2D eigenvalue weighted by Gasteiger charge is 2.15. The Labute approximate surface area is 156 Å². The zero-order valence-electron chi connectivity index (χ0n) is 14.0. The van der Waals surface area contributed by atoms with Gasteiger partial charge in [-0.2, -0.15) is 0 Å². The second-order valence-electron chi connectivity index (χ2n) is 5.78. The minimum atomic E-state index is -0.0933. The molecule has 1 amide bonds. The number of carbonyl (C=O) groups is 1. The monoisotopic (exact) mass is 377 g/mol. The van der Waals surface area contributed by atoms with Crippen molar-refractivity contribution < 1.29 is 14.3 Å². The van der Waals surface area contributed by atoms with E-state index in [1.165, 1.54) is 0 Å². The lowest BCUT2D eigenvalue weighted by molar-refractivity contribution is -0.119. The number of benzene rings is 2. The van der Waals surface area contributed by atoms with Crippen molar-refractivity contribution in [3.05, 3.63) is 58.6 Å². The number of ether oxygens (including phenoxy) is 2. The van der Waals surface area contributed by atoms with Crippen LogP contribution >= 0.6 is 23.4 Å². The minimum absolute atomic E-state index is 0.000516. The summed E-state index contributed by atoms with van der Waals surface area (Å²) in [5, 5.41) is 3.75. The Kier molecular flexibility index (Phi) is 6.10. The molecule has 0 saturated heterocycles. The highest BCUT2D eigenvalue weighted by molar-refractivity contribution is 7.99. The van der Waals surface area contributed by atoms with Crippen molar-refractivity contribution in [1.29, 1.82) is 0 Å². The standard InChI is InChI=1S/C19H20ClNO3S/c1-13(14-6-7-17-18(10-14)24-9-8-23-17)21-19(22)12-25-11-15-4-2-3-5-16(15)20/h2-7,10,13H,8-9,11-12H2,1H3,(H,21,22). The van der Waals surface area contributed by atoms with Gasteiger partial charge < -0.3 is 14.8 Å². The summed E-state index contributed by atoms with van der Waals surface area (Å²) >= 11 is 7.67. The minimum Gasteiger partial charge on any atom is -0.486 e. The molecule has 3 rings (SSSR count). The van der Waals surface area contributed by atoms with Crippen molar-refractivity contribution in [3.63, 3.8) is 0 Å². The van der Waals surface area contributed by atoms with E-state index in [4.69, 9.17) is 21.1 Å². The summed E-state index contributed by atoms with van der Waals surface area (Å²) in [6.07, 6.45) is 0. The normalized spacial score (nSPS) is 14.0. The first-order chi connectivity index (χ1) is 12.1. The Morgan fingerprint density at radius 2 is 1.96 bits per heavy atom. The first-order valence-electron chi connectivity index (χ1n) is 8.13. The number of thioether (sulfide) groups is 1. The number of carbonyl (C=O) groups excluding carboxylic acids is 1. The Morgan fingerprint density at radius 3 is 2.76 bits per heavy atom. The third kappa shape index (κ3) is 4.83. The molecule has 1 aliphatic heterocycles. The van der Waals surface area contributed by atoms with Crippen molar-refractivity contribution in [2.75, 3.05) is 19.0 Å². The van der Waals surface area contributed by atoms with Gasteiger partial charge in [0.05, 0.1) is 11.8 Å². The number of halogens is 1. The number of nitrogens with one attached hydrogen (secondary N) is 1. The van der Waals surface area contributed by atoms with E-state index in [0.29, 0.717) is 24.7 Å². The number of amides is 1. The maximum Gasteiger partial charge on any atom is 0.230 e. The maximum atomic E-state index is 12.2. The Bertz CT molecular complexity index is 753. The summed E-state index contributed by atoms with van der Waals surface area (Å²) < 4.78 is 11.1. The molecule has 0 radical (unpaired) electrons. The van der Waals surface area contributed by atoms with E-state index in [-0.39, 0.29) is 11.9 Å². The fourth-order valence-corrected chi connectivity index (χ4v) is 3.69. The predicted molar refractivity (Wildman–Crippen MR) is 102 cm³/mol. The van der Waals surface area contributed by atoms with Gasteiger partial charge in [0.1, 0.15) is 13.2 Å². The van der Waals surface area contributed by atoms with Gasteiger partial charge in [0.25, 0.3) is 0 Å². The molecule has 0 aromatic heterocycles. The van der Waals surface area contributed by atoms with Crippen LogP contribution in [-0.4, -0.2) is 24.9 Å². The Balaban J connectivity index is 1.50. The first kappa shape index (κ1) is 18.0. The molecular formula is C19H20ClNO3S. The van der Waals surface area contributed by atoms with Gasteiger partial charge in [0, 0.05) is 10.8 Å². The molecule has 1 atom stereocenters. The summed E-state index contributed by atoms with van der Waals surface area (Å²) in [4.78, 5) is 12.2. The number of rotatable bonds is 6. The van der Waals surface area contributed by atoms with Crippen molar-refractivity contribution in [1.82, 2.24) is 5.32 Å². The van der Waals surface area contributed by atoms with E-state index in [0.717, 1.165) is 27.6 Å². The van der Waals surface area contributed by atoms with Gasteiger partial charge >= 0.3 is 0 Å². The van der Waals surface area contributed by atoms with Crippen LogP contribution < -0.4 is 14.8 Å². The number of hydrogen-bond donors (Lipinski definition) is 1. The van der Waals surface area contributed by atoms with Crippen molar-refractivity contribution in [3.8, 4) is 11.5 Å². The Hall–Kier alpha value is -1.85. The third-order valence-corrected chi connectivity index (χ3v) is 5.24. The second kappa shape index (κ2) is 8.50. The average molecular weight is 378 g/mol. The van der Waals surface area contributed by atoms with Crippen LogP contribution in [0.5, 0.6) is 11.5 Å². The van der Waals surface area contributed by atoms with Crippen molar-refractivity contribution in [2.45, 2.75) is 18.7 Å². The highest BCUT2D eigenvalue weighted by atomic mass is 35.5. The molecule has 25 heavy (non-hydrogen) atoms. The van der Waals surface area contributed by atoms with E-state index in [1.807, 2.05) is 49.4 Å². The summed E-state index contributed by atoms with van der Waals surface area (Å²) in [6, 6.07) is 13.4. The van der Waals surface area contributed by atoms with Gasteiger partial charge in [-0.15, -0.1) is 11.8 Å². The van der Waals surface area contributed by atoms with Crippen LogP contribution in [-0.2, 0) is 10.5 Å². The average Bonchev–Trinajstić information content (AvgIpc) is 2.63. The molecule has 2 aromatic rings. The van der Waals surface area contributed by atoms with Gasteiger partial charge in [-0.3, -0.25) is 4.79 Å². The quantitative estimate of drug-likeness (QED) is 0.818. The topological polar surface area (TPSA) is 47.6 Å². The molecule has 0 bridgehead atoms. The molecule has 4 nitrogen and oxygen atoms in total. The molecule has 1 aliphatic rings. The lowest BCUT2D eigenvalue weighted by Gasteiger charge is -2.21. The molecular weight excluding hydrogens is 358 g/mol. The molecule has 2 aromatic carbocycles. The van der Waals surface area contributed by atoms with Crippen LogP contribution in [0.15, 0.2) is 42.5 Å². The highest BCUT2D eigenvalue weighted by Crippen LogP contribution is 2.32. The smallest absolute Gasteiger partial charge is 0.230 e. The molecule has 1 heterocycles. The van der Waals surface area contributed by atoms with E-state index < -0.39 is 0 Å². The fraction of sp³-hybridized carbons (Fsp3) is 0.316. The number of fused-ring (bicyclic) bond motifs is 1. The lowest BCUT2D eigenvalue weighted by Crippen LogP contribution is -2.28. The van der Waals surface area contributed by atoms with Gasteiger partial charge in [0.2, 0.25) is 5.91 Å². The summed E-state index contributed by atoms with van der Waals surface area (Å²) in [5.41, 5.74) is 2.04. The maximum absolute atomic E-state index is 12.2. The predicted octanol–water partition coefficient (Wildman–Crippen LogP) is 4.22. The zero-order chi connectivity index (χ0) is 17.6. The van der Waals surface area contributed by atoms with E-state index in [9.17, 15) is 4.79 Å². The van der Waals surface area contributed by atoms with Gasteiger partial charge in [-0.1, -0.05) is 35.9 Å².